The van der Waals surface area contributed by atoms with Gasteiger partial charge in [-0.15, -0.1) is 6.42 Å². The highest BCUT2D eigenvalue weighted by atomic mass is 32.1. The zero-order chi connectivity index (χ0) is 28.5. The number of rotatable bonds is 10. The van der Waals surface area contributed by atoms with Crippen molar-refractivity contribution in [2.24, 2.45) is 0 Å². The Balaban J connectivity index is 2.55. The molecular weight excluding hydrogens is 502 g/mol. The standard InChI is InChI=1S/C29H37N3O5S/c1-8-19(3)32(27(34)24(18-38)31-28(35)37-29(4,5)6)25(23-13-11-10-12-20(23)9-2)26(33)30-21-14-16-22(36-7)17-15-21/h2,10-17,19,24-25,38H,8,18H2,1,3-7H3,(H,30,33)(H,31,35). The van der Waals surface area contributed by atoms with Gasteiger partial charge < -0.3 is 25.0 Å². The third-order valence-corrected chi connectivity index (χ3v) is 6.15. The molecule has 2 N–H and O–H groups in total. The van der Waals surface area contributed by atoms with E-state index in [1.165, 1.54) is 4.90 Å². The first-order valence-electron chi connectivity index (χ1n) is 12.4. The molecule has 2 aromatic carbocycles. The Bertz CT molecular complexity index is 1150. The molecule has 9 heteroatoms. The van der Waals surface area contributed by atoms with E-state index in [0.29, 0.717) is 29.0 Å². The number of terminal acetylenes is 1. The summed E-state index contributed by atoms with van der Waals surface area (Å²) in [4.78, 5) is 41.8. The van der Waals surface area contributed by atoms with Crippen LogP contribution in [0.25, 0.3) is 0 Å². The Morgan fingerprint density at radius 1 is 1.11 bits per heavy atom. The molecule has 2 rings (SSSR count). The van der Waals surface area contributed by atoms with Crippen LogP contribution < -0.4 is 15.4 Å². The number of anilines is 1. The third kappa shape index (κ3) is 8.18. The Morgan fingerprint density at radius 2 is 1.74 bits per heavy atom. The number of hydrogen-bond donors (Lipinski definition) is 3. The van der Waals surface area contributed by atoms with Crippen molar-refractivity contribution in [1.29, 1.82) is 0 Å². The molecule has 3 amide bonds. The maximum Gasteiger partial charge on any atom is 0.408 e. The molecule has 0 saturated carbocycles. The highest BCUT2D eigenvalue weighted by Gasteiger charge is 2.39. The number of alkyl carbamates (subject to hydrolysis) is 1. The molecular formula is C29H37N3O5S. The lowest BCUT2D eigenvalue weighted by Crippen LogP contribution is -2.55. The van der Waals surface area contributed by atoms with Crippen LogP contribution in [0.5, 0.6) is 5.75 Å². The molecule has 38 heavy (non-hydrogen) atoms. The summed E-state index contributed by atoms with van der Waals surface area (Å²) < 4.78 is 10.5. The Hall–Kier alpha value is -3.64. The van der Waals surface area contributed by atoms with Gasteiger partial charge in [-0.05, 0) is 70.0 Å². The predicted molar refractivity (Wildman–Crippen MR) is 152 cm³/mol. The molecule has 0 aliphatic heterocycles. The van der Waals surface area contributed by atoms with E-state index in [2.05, 4.69) is 29.2 Å². The fraction of sp³-hybridized carbons (Fsp3) is 0.414. The summed E-state index contributed by atoms with van der Waals surface area (Å²) in [6, 6.07) is 11.3. The van der Waals surface area contributed by atoms with Crippen molar-refractivity contribution in [3.05, 3.63) is 59.7 Å². The average molecular weight is 540 g/mol. The van der Waals surface area contributed by atoms with Crippen LogP contribution in [0.2, 0.25) is 0 Å². The van der Waals surface area contributed by atoms with Crippen LogP contribution in [0.15, 0.2) is 48.5 Å². The van der Waals surface area contributed by atoms with Gasteiger partial charge in [0.25, 0.3) is 5.91 Å². The number of nitrogens with zero attached hydrogens (tertiary/aromatic N) is 1. The quantitative estimate of drug-likeness (QED) is 0.298. The minimum absolute atomic E-state index is 0.00534. The number of amides is 3. The van der Waals surface area contributed by atoms with Gasteiger partial charge in [-0.1, -0.05) is 31.0 Å². The van der Waals surface area contributed by atoms with Crippen LogP contribution in [-0.4, -0.2) is 53.4 Å². The van der Waals surface area contributed by atoms with Crippen molar-refractivity contribution >= 4 is 36.2 Å². The van der Waals surface area contributed by atoms with E-state index in [0.717, 1.165) is 0 Å². The van der Waals surface area contributed by atoms with Crippen molar-refractivity contribution in [2.45, 2.75) is 64.8 Å². The van der Waals surface area contributed by atoms with Crippen LogP contribution in [0.4, 0.5) is 10.5 Å². The van der Waals surface area contributed by atoms with E-state index in [-0.39, 0.29) is 11.8 Å². The van der Waals surface area contributed by atoms with Gasteiger partial charge in [-0.25, -0.2) is 4.79 Å². The van der Waals surface area contributed by atoms with E-state index in [9.17, 15) is 14.4 Å². The van der Waals surface area contributed by atoms with Crippen molar-refractivity contribution in [1.82, 2.24) is 10.2 Å². The van der Waals surface area contributed by atoms with Crippen molar-refractivity contribution in [3.63, 3.8) is 0 Å². The lowest BCUT2D eigenvalue weighted by molar-refractivity contribution is -0.142. The number of carbonyl (C=O) groups excluding carboxylic acids is 3. The highest BCUT2D eigenvalue weighted by molar-refractivity contribution is 7.80. The average Bonchev–Trinajstić information content (AvgIpc) is 2.88. The molecule has 0 bridgehead atoms. The SMILES string of the molecule is C#Cc1ccccc1C(C(=O)Nc1ccc(OC)cc1)N(C(=O)C(CS)NC(=O)OC(C)(C)C)C(C)CC. The first kappa shape index (κ1) is 30.6. The fourth-order valence-electron chi connectivity index (χ4n) is 3.78. The van der Waals surface area contributed by atoms with Crippen molar-refractivity contribution < 1.29 is 23.9 Å². The summed E-state index contributed by atoms with van der Waals surface area (Å²) in [6.45, 7) is 8.93. The minimum Gasteiger partial charge on any atom is -0.497 e. The van der Waals surface area contributed by atoms with Crippen LogP contribution in [0, 0.1) is 12.3 Å². The first-order valence-corrected chi connectivity index (χ1v) is 13.0. The second-order valence-corrected chi connectivity index (χ2v) is 10.1. The van der Waals surface area contributed by atoms with Crippen LogP contribution in [0.1, 0.15) is 58.2 Å². The molecule has 0 heterocycles. The minimum atomic E-state index is -1.09. The van der Waals surface area contributed by atoms with E-state index in [4.69, 9.17) is 15.9 Å². The number of methoxy groups -OCH3 is 1. The molecule has 0 radical (unpaired) electrons. The van der Waals surface area contributed by atoms with E-state index in [1.54, 1.807) is 76.4 Å². The van der Waals surface area contributed by atoms with Gasteiger partial charge in [0.15, 0.2) is 0 Å². The Kier molecular flexibility index (Phi) is 11.1. The zero-order valence-electron chi connectivity index (χ0n) is 22.8. The molecule has 0 fully saturated rings. The van der Waals surface area contributed by atoms with Gasteiger partial charge in [0.1, 0.15) is 23.4 Å². The first-order chi connectivity index (χ1) is 17.9. The van der Waals surface area contributed by atoms with E-state index in [1.807, 2.05) is 13.8 Å². The van der Waals surface area contributed by atoms with E-state index >= 15 is 0 Å². The molecule has 2 aromatic rings. The smallest absolute Gasteiger partial charge is 0.408 e. The lowest BCUT2D eigenvalue weighted by Gasteiger charge is -2.38. The third-order valence-electron chi connectivity index (χ3n) is 5.79. The summed E-state index contributed by atoms with van der Waals surface area (Å²) in [5.74, 6) is 2.31. The van der Waals surface area contributed by atoms with Gasteiger partial charge in [0.05, 0.1) is 7.11 Å². The molecule has 8 nitrogen and oxygen atoms in total. The molecule has 3 atom stereocenters. The number of ether oxygens (including phenoxy) is 2. The monoisotopic (exact) mass is 539 g/mol. The largest absolute Gasteiger partial charge is 0.497 e. The van der Waals surface area contributed by atoms with Crippen LogP contribution >= 0.6 is 12.6 Å². The topological polar surface area (TPSA) is 97.0 Å². The second kappa shape index (κ2) is 13.8. The Morgan fingerprint density at radius 3 is 2.26 bits per heavy atom. The van der Waals surface area contributed by atoms with Crippen LogP contribution in [-0.2, 0) is 14.3 Å². The number of nitrogens with one attached hydrogen (secondary N) is 2. The number of benzene rings is 2. The molecule has 0 spiro atoms. The lowest BCUT2D eigenvalue weighted by atomic mass is 9.95. The van der Waals surface area contributed by atoms with Crippen LogP contribution in [0.3, 0.4) is 0 Å². The number of thiol groups is 1. The summed E-state index contributed by atoms with van der Waals surface area (Å²) in [5.41, 5.74) is 0.737. The fourth-order valence-corrected chi connectivity index (χ4v) is 4.03. The number of carbonyl (C=O) groups is 3. The van der Waals surface area contributed by atoms with Gasteiger partial charge in [-0.2, -0.15) is 12.6 Å². The summed E-state index contributed by atoms with van der Waals surface area (Å²) in [5, 5.41) is 5.50. The maximum absolute atomic E-state index is 14.0. The van der Waals surface area contributed by atoms with Crippen molar-refractivity contribution in [2.75, 3.05) is 18.2 Å². The van der Waals surface area contributed by atoms with Gasteiger partial charge >= 0.3 is 6.09 Å². The molecule has 0 aliphatic rings. The molecule has 0 aromatic heterocycles. The van der Waals surface area contributed by atoms with Gasteiger partial charge in [0, 0.05) is 23.0 Å². The van der Waals surface area contributed by atoms with Crippen molar-refractivity contribution in [3.8, 4) is 18.1 Å². The number of hydrogen-bond acceptors (Lipinski definition) is 6. The van der Waals surface area contributed by atoms with E-state index < -0.39 is 35.6 Å². The molecule has 3 unspecified atom stereocenters. The predicted octanol–water partition coefficient (Wildman–Crippen LogP) is 4.81. The highest BCUT2D eigenvalue weighted by Crippen LogP contribution is 2.30. The Labute approximate surface area is 230 Å². The van der Waals surface area contributed by atoms with Gasteiger partial charge in [0.2, 0.25) is 5.91 Å². The zero-order valence-corrected chi connectivity index (χ0v) is 23.7. The summed E-state index contributed by atoms with van der Waals surface area (Å²) in [6.07, 6.45) is 5.57. The normalized spacial score (nSPS) is 13.3. The summed E-state index contributed by atoms with van der Waals surface area (Å²) in [7, 11) is 1.55. The second-order valence-electron chi connectivity index (χ2n) is 9.74. The molecule has 0 aliphatic carbocycles. The summed E-state index contributed by atoms with van der Waals surface area (Å²) >= 11 is 4.32. The van der Waals surface area contributed by atoms with Gasteiger partial charge in [-0.3, -0.25) is 9.59 Å². The molecule has 204 valence electrons. The maximum atomic E-state index is 14.0. The molecule has 0 saturated heterocycles.